The Kier molecular flexibility index (Phi) is 4.79. The number of aliphatic hydroxyl groups is 1. The van der Waals surface area contributed by atoms with Gasteiger partial charge in [-0.25, -0.2) is 8.78 Å². The average Bonchev–Trinajstić information content (AvgIpc) is 2.93. The molecule has 1 aromatic heterocycles. The monoisotopic (exact) mass is 398 g/mol. The van der Waals surface area contributed by atoms with Crippen LogP contribution in [0.3, 0.4) is 0 Å². The standard InChI is InChI=1S/C20H19F5N2O/c21-12-1-3-16-14(9-12)15-10-13(22)2-4-17(15)27(16)18-11-26(7-5-19(18)28)8-6-20(23,24)25/h1-4,9-10,18-19,28H,5-8,11H2. The van der Waals surface area contributed by atoms with E-state index in [0.717, 1.165) is 0 Å². The number of nitrogens with zero attached hydrogens (tertiary/aromatic N) is 2. The van der Waals surface area contributed by atoms with E-state index in [4.69, 9.17) is 0 Å². The fourth-order valence-corrected chi connectivity index (χ4v) is 4.08. The van der Waals surface area contributed by atoms with Gasteiger partial charge in [-0.3, -0.25) is 0 Å². The fourth-order valence-electron chi connectivity index (χ4n) is 4.08. The molecular weight excluding hydrogens is 379 g/mol. The largest absolute Gasteiger partial charge is 0.391 e. The summed E-state index contributed by atoms with van der Waals surface area (Å²) >= 11 is 0. The van der Waals surface area contributed by atoms with Crippen LogP contribution in [0, 0.1) is 11.6 Å². The van der Waals surface area contributed by atoms with Crippen LogP contribution in [0.5, 0.6) is 0 Å². The second-order valence-corrected chi connectivity index (χ2v) is 7.28. The Balaban J connectivity index is 1.78. The van der Waals surface area contributed by atoms with Crippen molar-refractivity contribution in [2.24, 2.45) is 0 Å². The predicted octanol–water partition coefficient (Wildman–Crippen LogP) is 4.63. The molecule has 8 heteroatoms. The van der Waals surface area contributed by atoms with Gasteiger partial charge in [-0.2, -0.15) is 13.2 Å². The van der Waals surface area contributed by atoms with Gasteiger partial charge in [0.05, 0.1) is 18.6 Å². The van der Waals surface area contributed by atoms with Crippen molar-refractivity contribution in [3.05, 3.63) is 48.0 Å². The summed E-state index contributed by atoms with van der Waals surface area (Å²) in [5.41, 5.74) is 1.23. The molecule has 1 aliphatic heterocycles. The number of alkyl halides is 3. The Morgan fingerprint density at radius 1 is 0.964 bits per heavy atom. The van der Waals surface area contributed by atoms with Crippen LogP contribution in [0.15, 0.2) is 36.4 Å². The number of aromatic nitrogens is 1. The van der Waals surface area contributed by atoms with E-state index in [1.54, 1.807) is 21.6 Å². The highest BCUT2D eigenvalue weighted by atomic mass is 19.4. The third kappa shape index (κ3) is 3.58. The molecule has 2 aromatic carbocycles. The lowest BCUT2D eigenvalue weighted by Gasteiger charge is -2.37. The molecule has 0 aliphatic carbocycles. The highest BCUT2D eigenvalue weighted by Gasteiger charge is 2.34. The van der Waals surface area contributed by atoms with Gasteiger partial charge in [-0.05, 0) is 42.8 Å². The molecule has 1 saturated heterocycles. The van der Waals surface area contributed by atoms with E-state index in [9.17, 15) is 27.1 Å². The van der Waals surface area contributed by atoms with Crippen LogP contribution in [-0.4, -0.2) is 46.5 Å². The lowest BCUT2D eigenvalue weighted by molar-refractivity contribution is -0.139. The summed E-state index contributed by atoms with van der Waals surface area (Å²) in [5.74, 6) is -0.932. The highest BCUT2D eigenvalue weighted by Crippen LogP contribution is 2.36. The van der Waals surface area contributed by atoms with Gasteiger partial charge in [0.2, 0.25) is 0 Å². The first-order chi connectivity index (χ1) is 13.2. The normalized spacial score (nSPS) is 21.6. The number of hydrogen-bond donors (Lipinski definition) is 1. The Morgan fingerprint density at radius 3 is 2.07 bits per heavy atom. The molecule has 2 atom stereocenters. The van der Waals surface area contributed by atoms with Crippen molar-refractivity contribution in [2.75, 3.05) is 19.6 Å². The summed E-state index contributed by atoms with van der Waals surface area (Å²) in [6.45, 7) is 0.451. The molecule has 2 heterocycles. The van der Waals surface area contributed by atoms with E-state index in [0.29, 0.717) is 34.8 Å². The maximum absolute atomic E-state index is 13.8. The van der Waals surface area contributed by atoms with Crippen LogP contribution in [0.2, 0.25) is 0 Å². The zero-order valence-corrected chi connectivity index (χ0v) is 14.9. The fraction of sp³-hybridized carbons (Fsp3) is 0.400. The molecule has 150 valence electrons. The maximum Gasteiger partial charge on any atom is 0.390 e. The van der Waals surface area contributed by atoms with Gasteiger partial charge in [-0.15, -0.1) is 0 Å². The van der Waals surface area contributed by atoms with Crippen molar-refractivity contribution < 1.29 is 27.1 Å². The van der Waals surface area contributed by atoms with E-state index >= 15 is 0 Å². The SMILES string of the molecule is OC1CCN(CCC(F)(F)F)CC1n1c2ccc(F)cc2c2cc(F)ccc21. The smallest absolute Gasteiger partial charge is 0.390 e. The van der Waals surface area contributed by atoms with Gasteiger partial charge >= 0.3 is 6.18 Å². The molecule has 1 aliphatic rings. The Bertz CT molecular complexity index is 954. The molecule has 2 unspecified atom stereocenters. The Hall–Kier alpha value is -2.19. The first-order valence-electron chi connectivity index (χ1n) is 9.09. The van der Waals surface area contributed by atoms with Crippen molar-refractivity contribution >= 4 is 21.8 Å². The lowest BCUT2D eigenvalue weighted by Crippen LogP contribution is -2.45. The lowest BCUT2D eigenvalue weighted by atomic mass is 10.0. The molecule has 0 spiro atoms. The van der Waals surface area contributed by atoms with Crippen molar-refractivity contribution in [1.82, 2.24) is 9.47 Å². The van der Waals surface area contributed by atoms with Crippen molar-refractivity contribution in [3.8, 4) is 0 Å². The van der Waals surface area contributed by atoms with Crippen LogP contribution in [0.4, 0.5) is 22.0 Å². The topological polar surface area (TPSA) is 28.4 Å². The van der Waals surface area contributed by atoms with E-state index < -0.39 is 36.4 Å². The van der Waals surface area contributed by atoms with E-state index in [1.165, 1.54) is 24.3 Å². The van der Waals surface area contributed by atoms with Gasteiger partial charge < -0.3 is 14.6 Å². The molecule has 1 fully saturated rings. The first kappa shape index (κ1) is 19.1. The van der Waals surface area contributed by atoms with Gasteiger partial charge in [0.15, 0.2) is 0 Å². The van der Waals surface area contributed by atoms with E-state index in [-0.39, 0.29) is 13.1 Å². The minimum Gasteiger partial charge on any atom is -0.391 e. The number of piperidine rings is 1. The molecule has 4 rings (SSSR count). The molecule has 0 radical (unpaired) electrons. The van der Waals surface area contributed by atoms with Crippen LogP contribution in [-0.2, 0) is 0 Å². The third-order valence-corrected chi connectivity index (χ3v) is 5.40. The number of benzene rings is 2. The molecule has 0 bridgehead atoms. The van der Waals surface area contributed by atoms with E-state index in [1.807, 2.05) is 0 Å². The molecule has 3 nitrogen and oxygen atoms in total. The highest BCUT2D eigenvalue weighted by molar-refractivity contribution is 6.08. The Morgan fingerprint density at radius 2 is 1.54 bits per heavy atom. The van der Waals surface area contributed by atoms with Gasteiger partial charge in [0.25, 0.3) is 0 Å². The number of halogens is 5. The number of rotatable bonds is 3. The molecule has 28 heavy (non-hydrogen) atoms. The van der Waals surface area contributed by atoms with Crippen molar-refractivity contribution in [3.63, 3.8) is 0 Å². The molecular formula is C20H19F5N2O. The van der Waals surface area contributed by atoms with Crippen molar-refractivity contribution in [1.29, 1.82) is 0 Å². The summed E-state index contributed by atoms with van der Waals surface area (Å²) in [7, 11) is 0. The molecule has 3 aromatic rings. The van der Waals surface area contributed by atoms with Crippen LogP contribution < -0.4 is 0 Å². The van der Waals surface area contributed by atoms with Crippen LogP contribution in [0.25, 0.3) is 21.8 Å². The van der Waals surface area contributed by atoms with Crippen LogP contribution in [0.1, 0.15) is 18.9 Å². The summed E-state index contributed by atoms with van der Waals surface area (Å²) in [6, 6.07) is 7.79. The minimum atomic E-state index is -4.24. The number of hydrogen-bond acceptors (Lipinski definition) is 2. The second kappa shape index (κ2) is 7.00. The summed E-state index contributed by atoms with van der Waals surface area (Å²) < 4.78 is 67.2. The summed E-state index contributed by atoms with van der Waals surface area (Å²) in [5, 5.41) is 11.6. The third-order valence-electron chi connectivity index (χ3n) is 5.40. The van der Waals surface area contributed by atoms with Gasteiger partial charge in [0.1, 0.15) is 11.6 Å². The zero-order valence-electron chi connectivity index (χ0n) is 14.9. The molecule has 0 amide bonds. The Labute approximate surface area is 158 Å². The molecule has 0 saturated carbocycles. The van der Waals surface area contributed by atoms with Gasteiger partial charge in [-0.1, -0.05) is 0 Å². The minimum absolute atomic E-state index is 0.146. The number of fused-ring (bicyclic) bond motifs is 3. The predicted molar refractivity (Wildman–Crippen MR) is 96.1 cm³/mol. The second-order valence-electron chi connectivity index (χ2n) is 7.28. The molecule has 1 N–H and O–H groups in total. The first-order valence-corrected chi connectivity index (χ1v) is 9.09. The summed E-state index contributed by atoms with van der Waals surface area (Å²) in [4.78, 5) is 1.68. The maximum atomic E-state index is 13.8. The zero-order chi connectivity index (χ0) is 20.1. The van der Waals surface area contributed by atoms with Crippen LogP contribution >= 0.6 is 0 Å². The quantitative estimate of drug-likeness (QED) is 0.652. The van der Waals surface area contributed by atoms with E-state index in [2.05, 4.69) is 0 Å². The average molecular weight is 398 g/mol. The van der Waals surface area contributed by atoms with Crippen molar-refractivity contribution in [2.45, 2.75) is 31.2 Å². The summed E-state index contributed by atoms with van der Waals surface area (Å²) in [6.07, 6.45) is -5.60. The van der Waals surface area contributed by atoms with Gasteiger partial charge in [0, 0.05) is 41.4 Å². The number of likely N-dealkylation sites (tertiary alicyclic amines) is 1. The number of aliphatic hydroxyl groups excluding tert-OH is 1.